The predicted molar refractivity (Wildman–Crippen MR) is 83.0 cm³/mol. The summed E-state index contributed by atoms with van der Waals surface area (Å²) in [5, 5.41) is 2.31. The van der Waals surface area contributed by atoms with Crippen LogP contribution < -0.4 is 11.3 Å². The maximum Gasteiger partial charge on any atom is 0.147 e. The lowest BCUT2D eigenvalue weighted by Gasteiger charge is -2.18. The lowest BCUT2D eigenvalue weighted by Crippen LogP contribution is -2.28. The van der Waals surface area contributed by atoms with Crippen LogP contribution in [0.1, 0.15) is 24.4 Å². The molecule has 0 saturated heterocycles. The third-order valence-electron chi connectivity index (χ3n) is 3.41. The highest BCUT2D eigenvalue weighted by Gasteiger charge is 2.13. The van der Waals surface area contributed by atoms with E-state index in [0.29, 0.717) is 12.8 Å². The molecule has 0 saturated carbocycles. The SMILES string of the molecule is CS(=O)(=O)CCCC(NN)c1cccc2ccccc12. The molecule has 2 aromatic carbocycles. The molecular formula is C15H20N2O2S. The van der Waals surface area contributed by atoms with Gasteiger partial charge in [-0.05, 0) is 29.2 Å². The Morgan fingerprint density at radius 2 is 1.85 bits per heavy atom. The average Bonchev–Trinajstić information content (AvgIpc) is 2.42. The molecule has 0 aliphatic rings. The van der Waals surface area contributed by atoms with Crippen LogP contribution in [0.2, 0.25) is 0 Å². The fraction of sp³-hybridized carbons (Fsp3) is 0.333. The number of hydrazine groups is 1. The first-order valence-corrected chi connectivity index (χ1v) is 8.69. The molecule has 0 heterocycles. The van der Waals surface area contributed by atoms with Gasteiger partial charge >= 0.3 is 0 Å². The van der Waals surface area contributed by atoms with Crippen LogP contribution >= 0.6 is 0 Å². The quantitative estimate of drug-likeness (QED) is 0.632. The minimum atomic E-state index is -2.92. The van der Waals surface area contributed by atoms with E-state index in [1.54, 1.807) is 0 Å². The number of fused-ring (bicyclic) bond motifs is 1. The van der Waals surface area contributed by atoms with Gasteiger partial charge in [0.2, 0.25) is 0 Å². The Morgan fingerprint density at radius 1 is 1.15 bits per heavy atom. The number of sulfone groups is 1. The minimum absolute atomic E-state index is 0.0390. The van der Waals surface area contributed by atoms with E-state index in [2.05, 4.69) is 23.6 Å². The summed E-state index contributed by atoms with van der Waals surface area (Å²) in [6.45, 7) is 0. The molecule has 0 fully saturated rings. The number of benzene rings is 2. The third kappa shape index (κ3) is 3.79. The Kier molecular flexibility index (Phi) is 4.75. The Bertz CT molecular complexity index is 678. The maximum atomic E-state index is 11.2. The van der Waals surface area contributed by atoms with Gasteiger partial charge in [0, 0.05) is 18.1 Å². The van der Waals surface area contributed by atoms with Crippen molar-refractivity contribution in [1.29, 1.82) is 0 Å². The Morgan fingerprint density at radius 3 is 2.55 bits per heavy atom. The van der Waals surface area contributed by atoms with Crippen molar-refractivity contribution in [1.82, 2.24) is 5.43 Å². The first kappa shape index (κ1) is 15.0. The summed E-state index contributed by atoms with van der Waals surface area (Å²) >= 11 is 0. The monoisotopic (exact) mass is 292 g/mol. The molecule has 108 valence electrons. The lowest BCUT2D eigenvalue weighted by atomic mass is 9.96. The second kappa shape index (κ2) is 6.35. The zero-order valence-electron chi connectivity index (χ0n) is 11.5. The summed E-state index contributed by atoms with van der Waals surface area (Å²) in [6, 6.07) is 14.2. The van der Waals surface area contributed by atoms with Crippen molar-refractivity contribution in [2.75, 3.05) is 12.0 Å². The summed E-state index contributed by atoms with van der Waals surface area (Å²) < 4.78 is 22.4. The minimum Gasteiger partial charge on any atom is -0.271 e. The Balaban J connectivity index is 2.21. The summed E-state index contributed by atoms with van der Waals surface area (Å²) in [7, 11) is -2.92. The summed E-state index contributed by atoms with van der Waals surface area (Å²) in [5.41, 5.74) is 3.91. The van der Waals surface area contributed by atoms with Crippen molar-refractivity contribution in [3.8, 4) is 0 Å². The summed E-state index contributed by atoms with van der Waals surface area (Å²) in [5.74, 6) is 5.84. The molecule has 2 aromatic rings. The van der Waals surface area contributed by atoms with Crippen LogP contribution in [0, 0.1) is 0 Å². The van der Waals surface area contributed by atoms with E-state index in [4.69, 9.17) is 5.84 Å². The first-order chi connectivity index (χ1) is 9.51. The molecule has 20 heavy (non-hydrogen) atoms. The van der Waals surface area contributed by atoms with Crippen molar-refractivity contribution in [2.24, 2.45) is 5.84 Å². The van der Waals surface area contributed by atoms with Crippen LogP contribution in [0.3, 0.4) is 0 Å². The van der Waals surface area contributed by atoms with Gasteiger partial charge in [-0.2, -0.15) is 0 Å². The molecule has 0 aliphatic carbocycles. The molecule has 4 nitrogen and oxygen atoms in total. The van der Waals surface area contributed by atoms with E-state index < -0.39 is 9.84 Å². The van der Waals surface area contributed by atoms with Crippen molar-refractivity contribution < 1.29 is 8.42 Å². The lowest BCUT2D eigenvalue weighted by molar-refractivity contribution is 0.510. The number of nitrogens with one attached hydrogen (secondary N) is 1. The Hall–Kier alpha value is -1.43. The molecular weight excluding hydrogens is 272 g/mol. The largest absolute Gasteiger partial charge is 0.271 e. The van der Waals surface area contributed by atoms with Crippen molar-refractivity contribution >= 4 is 20.6 Å². The highest BCUT2D eigenvalue weighted by atomic mass is 32.2. The topological polar surface area (TPSA) is 72.2 Å². The number of rotatable bonds is 6. The Labute approximate surface area is 119 Å². The van der Waals surface area contributed by atoms with E-state index in [0.717, 1.165) is 16.3 Å². The molecule has 3 N–H and O–H groups in total. The molecule has 1 atom stereocenters. The normalized spacial score (nSPS) is 13.5. The second-order valence-electron chi connectivity index (χ2n) is 5.06. The van der Waals surface area contributed by atoms with Crippen LogP contribution in [0.5, 0.6) is 0 Å². The highest BCUT2D eigenvalue weighted by Crippen LogP contribution is 2.26. The molecule has 0 radical (unpaired) electrons. The van der Waals surface area contributed by atoms with E-state index in [1.165, 1.54) is 6.26 Å². The van der Waals surface area contributed by atoms with Gasteiger partial charge in [-0.15, -0.1) is 0 Å². The van der Waals surface area contributed by atoms with Gasteiger partial charge in [0.05, 0.1) is 0 Å². The number of nitrogens with two attached hydrogens (primary N) is 1. The van der Waals surface area contributed by atoms with Gasteiger partial charge in [0.15, 0.2) is 0 Å². The summed E-state index contributed by atoms with van der Waals surface area (Å²) in [4.78, 5) is 0. The van der Waals surface area contributed by atoms with E-state index in [-0.39, 0.29) is 11.8 Å². The van der Waals surface area contributed by atoms with Crippen LogP contribution in [0.15, 0.2) is 42.5 Å². The molecule has 1 unspecified atom stereocenters. The van der Waals surface area contributed by atoms with Crippen LogP contribution in [-0.2, 0) is 9.84 Å². The average molecular weight is 292 g/mol. The van der Waals surface area contributed by atoms with Gasteiger partial charge in [-0.3, -0.25) is 11.3 Å². The molecule has 0 aromatic heterocycles. The van der Waals surface area contributed by atoms with Crippen LogP contribution in [0.25, 0.3) is 10.8 Å². The third-order valence-corrected chi connectivity index (χ3v) is 4.44. The van der Waals surface area contributed by atoms with Gasteiger partial charge < -0.3 is 0 Å². The molecule has 2 rings (SSSR count). The van der Waals surface area contributed by atoms with Gasteiger partial charge in [-0.1, -0.05) is 42.5 Å². The fourth-order valence-electron chi connectivity index (χ4n) is 2.43. The first-order valence-electron chi connectivity index (χ1n) is 6.63. The predicted octanol–water partition coefficient (Wildman–Crippen LogP) is 2.17. The second-order valence-corrected chi connectivity index (χ2v) is 7.32. The molecule has 0 spiro atoms. The molecule has 0 amide bonds. The van der Waals surface area contributed by atoms with E-state index in [1.807, 2.05) is 24.3 Å². The van der Waals surface area contributed by atoms with E-state index in [9.17, 15) is 8.42 Å². The summed E-state index contributed by atoms with van der Waals surface area (Å²) in [6.07, 6.45) is 2.55. The standard InChI is InChI=1S/C15H20N2O2S/c1-20(18,19)11-5-10-15(17-16)14-9-4-7-12-6-2-3-8-13(12)14/h2-4,6-9,15,17H,5,10-11,16H2,1H3. The zero-order chi connectivity index (χ0) is 14.6. The molecule has 5 heteroatoms. The number of hydrogen-bond acceptors (Lipinski definition) is 4. The highest BCUT2D eigenvalue weighted by molar-refractivity contribution is 7.90. The van der Waals surface area contributed by atoms with Crippen molar-refractivity contribution in [3.63, 3.8) is 0 Å². The van der Waals surface area contributed by atoms with Crippen LogP contribution in [0.4, 0.5) is 0 Å². The maximum absolute atomic E-state index is 11.2. The van der Waals surface area contributed by atoms with Gasteiger partial charge in [0.25, 0.3) is 0 Å². The zero-order valence-corrected chi connectivity index (χ0v) is 12.4. The van der Waals surface area contributed by atoms with E-state index >= 15 is 0 Å². The smallest absolute Gasteiger partial charge is 0.147 e. The molecule has 0 aliphatic heterocycles. The van der Waals surface area contributed by atoms with Gasteiger partial charge in [0.1, 0.15) is 9.84 Å². The van der Waals surface area contributed by atoms with Crippen molar-refractivity contribution in [3.05, 3.63) is 48.0 Å². The fourth-order valence-corrected chi connectivity index (χ4v) is 3.12. The van der Waals surface area contributed by atoms with Gasteiger partial charge in [-0.25, -0.2) is 8.42 Å². The molecule has 0 bridgehead atoms. The number of hydrogen-bond donors (Lipinski definition) is 2. The van der Waals surface area contributed by atoms with Crippen molar-refractivity contribution in [2.45, 2.75) is 18.9 Å². The van der Waals surface area contributed by atoms with Crippen LogP contribution in [-0.4, -0.2) is 20.4 Å².